The number of hydrogen-bond donors (Lipinski definition) is 1. The molecule has 0 aromatic heterocycles. The maximum absolute atomic E-state index is 12.7. The number of ketones is 1. The number of nitrogens with one attached hydrogen (secondary N) is 1. The maximum atomic E-state index is 12.7. The van der Waals surface area contributed by atoms with E-state index in [-0.39, 0.29) is 22.2 Å². The Bertz CT molecular complexity index is 419. The number of Topliss-reactive ketones (excluding diaryl/α,β-unsaturated/α-hetero) is 1. The second-order valence-electron chi connectivity index (χ2n) is 5.61. The lowest BCUT2D eigenvalue weighted by atomic mass is 9.91. The Kier molecular flexibility index (Phi) is 5.63. The molecule has 0 aliphatic heterocycles. The van der Waals surface area contributed by atoms with Crippen molar-refractivity contribution in [1.82, 2.24) is 0 Å². The first-order valence-corrected chi connectivity index (χ1v) is 8.96. The topological polar surface area (TPSA) is 21.5 Å². The van der Waals surface area contributed by atoms with Crippen LogP contribution in [0.5, 0.6) is 0 Å². The molecule has 19 heavy (non-hydrogen) atoms. The van der Waals surface area contributed by atoms with E-state index in [1.165, 1.54) is 9.80 Å². The minimum atomic E-state index is -0.356. The van der Waals surface area contributed by atoms with E-state index in [0.29, 0.717) is 0 Å². The van der Waals surface area contributed by atoms with Crippen LogP contribution in [0.15, 0.2) is 29.2 Å². The van der Waals surface area contributed by atoms with Crippen LogP contribution < -0.4 is 4.90 Å². The summed E-state index contributed by atoms with van der Waals surface area (Å²) in [5.41, 5.74) is 0.476. The molecular formula is C16H27NOS+2. The Labute approximate surface area is 120 Å². The first kappa shape index (κ1) is 16.3. The fraction of sp³-hybridized carbons (Fsp3) is 0.562. The van der Waals surface area contributed by atoms with E-state index < -0.39 is 0 Å². The zero-order valence-electron chi connectivity index (χ0n) is 13.0. The molecule has 0 saturated carbocycles. The van der Waals surface area contributed by atoms with Crippen LogP contribution in [0.3, 0.4) is 0 Å². The van der Waals surface area contributed by atoms with Crippen molar-refractivity contribution >= 4 is 16.7 Å². The molecule has 0 aliphatic carbocycles. The monoisotopic (exact) mass is 281 g/mol. The Hall–Kier alpha value is -0.800. The van der Waals surface area contributed by atoms with Gasteiger partial charge < -0.3 is 4.90 Å². The highest BCUT2D eigenvalue weighted by molar-refractivity contribution is 7.95. The molecule has 0 amide bonds. The van der Waals surface area contributed by atoms with E-state index in [4.69, 9.17) is 0 Å². The van der Waals surface area contributed by atoms with Crippen LogP contribution in [0.2, 0.25) is 0 Å². The Morgan fingerprint density at radius 1 is 1.11 bits per heavy atom. The van der Waals surface area contributed by atoms with Crippen LogP contribution >= 0.6 is 0 Å². The summed E-state index contributed by atoms with van der Waals surface area (Å²) in [5.74, 6) is 0.241. The molecule has 0 saturated heterocycles. The van der Waals surface area contributed by atoms with Gasteiger partial charge in [-0.3, -0.25) is 4.79 Å². The summed E-state index contributed by atoms with van der Waals surface area (Å²) in [4.78, 5) is 15.3. The van der Waals surface area contributed by atoms with Crippen molar-refractivity contribution in [3.8, 4) is 0 Å². The lowest BCUT2D eigenvalue weighted by Gasteiger charge is -2.32. The highest BCUT2D eigenvalue weighted by Crippen LogP contribution is 2.14. The molecule has 0 atom stereocenters. The first-order chi connectivity index (χ1) is 8.84. The van der Waals surface area contributed by atoms with Crippen LogP contribution in [0, 0.1) is 0 Å². The summed E-state index contributed by atoms with van der Waals surface area (Å²) in [5, 5.41) is 0. The Morgan fingerprint density at radius 2 is 1.58 bits per heavy atom. The molecule has 3 heteroatoms. The summed E-state index contributed by atoms with van der Waals surface area (Å²) >= 11 is 0. The van der Waals surface area contributed by atoms with E-state index >= 15 is 0 Å². The molecule has 0 heterocycles. The number of quaternary nitrogens is 1. The summed E-state index contributed by atoms with van der Waals surface area (Å²) in [6, 6.07) is 8.14. The highest BCUT2D eigenvalue weighted by atomic mass is 32.2. The SMILES string of the molecule is CC[NH+](CC)C(C)(C)C(=O)c1ccc([S+](C)C)cc1. The van der Waals surface area contributed by atoms with E-state index in [2.05, 4.69) is 52.3 Å². The van der Waals surface area contributed by atoms with Crippen LogP contribution in [0.1, 0.15) is 38.1 Å². The Balaban J connectivity index is 2.99. The average Bonchev–Trinajstić information content (AvgIpc) is 2.39. The second kappa shape index (κ2) is 6.58. The smallest absolute Gasteiger partial charge is 0.222 e. The molecule has 1 rings (SSSR count). The van der Waals surface area contributed by atoms with Gasteiger partial charge in [-0.25, -0.2) is 0 Å². The average molecular weight is 281 g/mol. The molecule has 1 aromatic rings. The van der Waals surface area contributed by atoms with Crippen molar-refractivity contribution in [3.63, 3.8) is 0 Å². The highest BCUT2D eigenvalue weighted by Gasteiger charge is 2.37. The second-order valence-corrected chi connectivity index (χ2v) is 7.71. The van der Waals surface area contributed by atoms with Gasteiger partial charge in [0.2, 0.25) is 5.78 Å². The molecule has 0 aliphatic rings. The van der Waals surface area contributed by atoms with Crippen molar-refractivity contribution in [2.24, 2.45) is 0 Å². The van der Waals surface area contributed by atoms with Gasteiger partial charge in [0.1, 0.15) is 12.5 Å². The fourth-order valence-electron chi connectivity index (χ4n) is 2.53. The summed E-state index contributed by atoms with van der Waals surface area (Å²) in [6.45, 7) is 10.3. The lowest BCUT2D eigenvalue weighted by molar-refractivity contribution is -0.934. The minimum Gasteiger partial charge on any atom is -0.325 e. The van der Waals surface area contributed by atoms with Gasteiger partial charge in [-0.1, -0.05) is 0 Å². The third-order valence-corrected chi connectivity index (χ3v) is 5.11. The number of hydrogen-bond acceptors (Lipinski definition) is 1. The molecule has 1 N–H and O–H groups in total. The number of benzene rings is 1. The van der Waals surface area contributed by atoms with Crippen LogP contribution in [0.4, 0.5) is 0 Å². The largest absolute Gasteiger partial charge is 0.325 e. The van der Waals surface area contributed by atoms with Crippen molar-refractivity contribution in [1.29, 1.82) is 0 Å². The summed E-state index contributed by atoms with van der Waals surface area (Å²) in [7, 11) is 0.250. The summed E-state index contributed by atoms with van der Waals surface area (Å²) in [6.07, 6.45) is 4.39. The van der Waals surface area contributed by atoms with Gasteiger partial charge in [-0.2, -0.15) is 0 Å². The number of carbonyl (C=O) groups is 1. The van der Waals surface area contributed by atoms with Gasteiger partial charge in [-0.15, -0.1) is 0 Å². The van der Waals surface area contributed by atoms with Crippen molar-refractivity contribution in [3.05, 3.63) is 29.8 Å². The number of rotatable bonds is 6. The minimum absolute atomic E-state index is 0.241. The van der Waals surface area contributed by atoms with Crippen LogP contribution in [-0.4, -0.2) is 36.9 Å². The number of carbonyl (C=O) groups excluding carboxylic acids is 1. The van der Waals surface area contributed by atoms with Gasteiger partial charge in [-0.05, 0) is 52.0 Å². The predicted molar refractivity (Wildman–Crippen MR) is 84.4 cm³/mol. The van der Waals surface area contributed by atoms with Crippen molar-refractivity contribution in [2.75, 3.05) is 25.6 Å². The standard InChI is InChI=1S/C16H26NOS/c1-7-17(8-2)16(3,4)15(18)13-9-11-14(12-10-13)19(5)6/h9-12H,7-8H2,1-6H3/q+1/p+1. The molecule has 0 fully saturated rings. The normalized spacial score (nSPS) is 12.2. The van der Waals surface area contributed by atoms with Gasteiger partial charge in [0.25, 0.3) is 0 Å². The lowest BCUT2D eigenvalue weighted by Crippen LogP contribution is -3.20. The van der Waals surface area contributed by atoms with Gasteiger partial charge >= 0.3 is 0 Å². The maximum Gasteiger partial charge on any atom is 0.222 e. The molecule has 106 valence electrons. The number of likely N-dealkylation sites (N-methyl/N-ethyl adjacent to an activating group) is 1. The molecule has 0 unspecified atom stereocenters. The van der Waals surface area contributed by atoms with Gasteiger partial charge in [0, 0.05) is 16.5 Å². The van der Waals surface area contributed by atoms with Gasteiger partial charge in [0.15, 0.2) is 10.4 Å². The zero-order valence-corrected chi connectivity index (χ0v) is 13.9. The quantitative estimate of drug-likeness (QED) is 0.623. The van der Waals surface area contributed by atoms with E-state index in [0.717, 1.165) is 18.7 Å². The van der Waals surface area contributed by atoms with Crippen molar-refractivity contribution < 1.29 is 9.69 Å². The Morgan fingerprint density at radius 3 is 1.95 bits per heavy atom. The molecule has 0 radical (unpaired) electrons. The molecule has 0 spiro atoms. The molecular weight excluding hydrogens is 254 g/mol. The van der Waals surface area contributed by atoms with E-state index in [1.807, 2.05) is 12.1 Å². The summed E-state index contributed by atoms with van der Waals surface area (Å²) < 4.78 is 0. The predicted octanol–water partition coefficient (Wildman–Crippen LogP) is 1.81. The van der Waals surface area contributed by atoms with Crippen LogP contribution in [0.25, 0.3) is 0 Å². The molecule has 0 bridgehead atoms. The molecule has 1 aromatic carbocycles. The van der Waals surface area contributed by atoms with E-state index in [1.54, 1.807) is 0 Å². The van der Waals surface area contributed by atoms with Crippen molar-refractivity contribution in [2.45, 2.75) is 38.1 Å². The zero-order chi connectivity index (χ0) is 14.6. The first-order valence-electron chi connectivity index (χ1n) is 6.92. The third kappa shape index (κ3) is 3.61. The molecule has 2 nitrogen and oxygen atoms in total. The third-order valence-electron chi connectivity index (χ3n) is 3.89. The van der Waals surface area contributed by atoms with Gasteiger partial charge in [0.05, 0.1) is 13.1 Å². The van der Waals surface area contributed by atoms with Crippen LogP contribution in [-0.2, 0) is 10.9 Å². The van der Waals surface area contributed by atoms with E-state index in [9.17, 15) is 4.79 Å². The fourth-order valence-corrected chi connectivity index (χ4v) is 3.21.